The van der Waals surface area contributed by atoms with Crippen LogP contribution in [0.4, 0.5) is 0 Å². The molecular formula is C16H34N2O2S. The Kier molecular flexibility index (Phi) is 6.28. The van der Waals surface area contributed by atoms with Crippen LogP contribution in [0.15, 0.2) is 0 Å². The van der Waals surface area contributed by atoms with Gasteiger partial charge in [0.2, 0.25) is 10.0 Å². The smallest absolute Gasteiger partial charge is 0.211 e. The average Bonchev–Trinajstić information content (AvgIpc) is 2.22. The van der Waals surface area contributed by atoms with Gasteiger partial charge in [-0.2, -0.15) is 0 Å². The molecule has 1 saturated carbocycles. The summed E-state index contributed by atoms with van der Waals surface area (Å²) in [7, 11) is -3.05. The van der Waals surface area contributed by atoms with E-state index in [1.807, 2.05) is 6.92 Å². The highest BCUT2D eigenvalue weighted by Crippen LogP contribution is 2.45. The van der Waals surface area contributed by atoms with Crippen LogP contribution in [0.3, 0.4) is 0 Å². The van der Waals surface area contributed by atoms with Crippen molar-refractivity contribution in [1.29, 1.82) is 0 Å². The molecule has 0 saturated heterocycles. The third-order valence-corrected chi connectivity index (χ3v) is 5.77. The predicted octanol–water partition coefficient (Wildman–Crippen LogP) is 2.85. The Morgan fingerprint density at radius 2 is 1.67 bits per heavy atom. The molecule has 21 heavy (non-hydrogen) atoms. The molecule has 0 heterocycles. The normalized spacial score (nSPS) is 22.6. The topological polar surface area (TPSA) is 49.4 Å². The summed E-state index contributed by atoms with van der Waals surface area (Å²) >= 11 is 0. The zero-order chi connectivity index (χ0) is 16.3. The maximum atomic E-state index is 11.5. The van der Waals surface area contributed by atoms with Crippen LogP contribution in [-0.4, -0.2) is 44.7 Å². The molecular weight excluding hydrogens is 284 g/mol. The first-order valence-corrected chi connectivity index (χ1v) is 9.98. The van der Waals surface area contributed by atoms with Gasteiger partial charge in [0.15, 0.2) is 0 Å². The molecule has 0 aromatic carbocycles. The Morgan fingerprint density at radius 3 is 2.10 bits per heavy atom. The fourth-order valence-electron chi connectivity index (χ4n) is 4.11. The first-order valence-electron chi connectivity index (χ1n) is 8.14. The summed E-state index contributed by atoms with van der Waals surface area (Å²) in [6.07, 6.45) is 5.85. The summed E-state index contributed by atoms with van der Waals surface area (Å²) in [5.74, 6) is 0. The molecule has 0 aromatic heterocycles. The van der Waals surface area contributed by atoms with Crippen LogP contribution in [-0.2, 0) is 10.0 Å². The molecule has 1 rings (SSSR count). The summed E-state index contributed by atoms with van der Waals surface area (Å²) in [4.78, 5) is 0. The molecule has 1 aliphatic carbocycles. The molecule has 0 unspecified atom stereocenters. The van der Waals surface area contributed by atoms with Crippen LogP contribution in [0.5, 0.6) is 0 Å². The Morgan fingerprint density at radius 1 is 1.14 bits per heavy atom. The molecule has 0 aromatic rings. The van der Waals surface area contributed by atoms with Gasteiger partial charge in [0.25, 0.3) is 0 Å². The molecule has 126 valence electrons. The van der Waals surface area contributed by atoms with Crippen molar-refractivity contribution in [2.24, 2.45) is 10.8 Å². The van der Waals surface area contributed by atoms with E-state index in [1.54, 1.807) is 4.31 Å². The first-order chi connectivity index (χ1) is 9.45. The average molecular weight is 319 g/mol. The van der Waals surface area contributed by atoms with Crippen molar-refractivity contribution in [1.82, 2.24) is 9.62 Å². The van der Waals surface area contributed by atoms with E-state index in [0.29, 0.717) is 30.0 Å². The van der Waals surface area contributed by atoms with Crippen molar-refractivity contribution in [3.63, 3.8) is 0 Å². The highest BCUT2D eigenvalue weighted by molar-refractivity contribution is 7.88. The van der Waals surface area contributed by atoms with Crippen LogP contribution in [0, 0.1) is 10.8 Å². The van der Waals surface area contributed by atoms with E-state index in [4.69, 9.17) is 0 Å². The Bertz CT molecular complexity index is 414. The Labute approximate surface area is 131 Å². The lowest BCUT2D eigenvalue weighted by atomic mass is 9.63. The molecule has 1 fully saturated rings. The van der Waals surface area contributed by atoms with Gasteiger partial charge >= 0.3 is 0 Å². The van der Waals surface area contributed by atoms with Crippen molar-refractivity contribution >= 4 is 10.0 Å². The van der Waals surface area contributed by atoms with Crippen LogP contribution in [0.1, 0.15) is 60.3 Å². The molecule has 0 atom stereocenters. The van der Waals surface area contributed by atoms with Crippen LogP contribution >= 0.6 is 0 Å². The quantitative estimate of drug-likeness (QED) is 0.734. The van der Waals surface area contributed by atoms with Gasteiger partial charge in [0.05, 0.1) is 6.26 Å². The van der Waals surface area contributed by atoms with Gasteiger partial charge in [-0.25, -0.2) is 12.7 Å². The van der Waals surface area contributed by atoms with Gasteiger partial charge < -0.3 is 5.32 Å². The van der Waals surface area contributed by atoms with E-state index < -0.39 is 10.0 Å². The van der Waals surface area contributed by atoms with Crippen LogP contribution in [0.25, 0.3) is 0 Å². The number of nitrogens with zero attached hydrogens (tertiary/aromatic N) is 1. The summed E-state index contributed by atoms with van der Waals surface area (Å²) in [6.45, 7) is 13.4. The molecule has 1 N–H and O–H groups in total. The second-order valence-corrected chi connectivity index (χ2v) is 10.2. The Balaban J connectivity index is 2.39. The molecule has 0 radical (unpaired) electrons. The monoisotopic (exact) mass is 318 g/mol. The zero-order valence-electron chi connectivity index (χ0n) is 14.7. The third kappa shape index (κ3) is 6.66. The van der Waals surface area contributed by atoms with Gasteiger partial charge in [-0.1, -0.05) is 34.6 Å². The largest absolute Gasteiger partial charge is 0.314 e. The van der Waals surface area contributed by atoms with Crippen molar-refractivity contribution in [2.75, 3.05) is 25.9 Å². The van der Waals surface area contributed by atoms with E-state index in [-0.39, 0.29) is 0 Å². The number of hydrogen-bond donors (Lipinski definition) is 1. The van der Waals surface area contributed by atoms with Gasteiger partial charge in [-0.3, -0.25) is 0 Å². The fraction of sp³-hybridized carbons (Fsp3) is 1.00. The third-order valence-electron chi connectivity index (χ3n) is 4.39. The second-order valence-electron chi connectivity index (χ2n) is 8.17. The molecule has 0 spiro atoms. The molecule has 0 amide bonds. The summed E-state index contributed by atoms with van der Waals surface area (Å²) < 4.78 is 24.6. The minimum atomic E-state index is -3.05. The molecule has 0 bridgehead atoms. The van der Waals surface area contributed by atoms with E-state index in [0.717, 1.165) is 13.0 Å². The zero-order valence-corrected chi connectivity index (χ0v) is 15.5. The lowest BCUT2D eigenvalue weighted by molar-refractivity contribution is 0.0850. The van der Waals surface area contributed by atoms with Crippen molar-refractivity contribution in [3.05, 3.63) is 0 Å². The fourth-order valence-corrected chi connectivity index (χ4v) is 5.04. The number of hydrogen-bond acceptors (Lipinski definition) is 3. The molecule has 0 aliphatic heterocycles. The maximum Gasteiger partial charge on any atom is 0.211 e. The van der Waals surface area contributed by atoms with Crippen LogP contribution < -0.4 is 5.32 Å². The Hall–Kier alpha value is -0.130. The highest BCUT2D eigenvalue weighted by Gasteiger charge is 2.37. The lowest BCUT2D eigenvalue weighted by Gasteiger charge is -2.45. The number of sulfonamides is 1. The predicted molar refractivity (Wildman–Crippen MR) is 89.9 cm³/mol. The summed E-state index contributed by atoms with van der Waals surface area (Å²) in [6, 6.07) is 0.553. The van der Waals surface area contributed by atoms with Crippen molar-refractivity contribution in [3.8, 4) is 0 Å². The number of rotatable bonds is 7. The highest BCUT2D eigenvalue weighted by atomic mass is 32.2. The van der Waals surface area contributed by atoms with E-state index in [9.17, 15) is 8.42 Å². The summed E-state index contributed by atoms with van der Waals surface area (Å²) in [5.41, 5.74) is 0.781. The van der Waals surface area contributed by atoms with Gasteiger partial charge in [-0.15, -0.1) is 0 Å². The SMILES string of the molecule is CCN(CCCNC1CC(C)(C)CC(C)(C)C1)S(C)(=O)=O. The minimum Gasteiger partial charge on any atom is -0.314 e. The lowest BCUT2D eigenvalue weighted by Crippen LogP contribution is -2.44. The van der Waals surface area contributed by atoms with E-state index >= 15 is 0 Å². The number of nitrogens with one attached hydrogen (secondary N) is 1. The first kappa shape index (κ1) is 18.9. The van der Waals surface area contributed by atoms with Gasteiger partial charge in [0, 0.05) is 19.1 Å². The van der Waals surface area contributed by atoms with Crippen LogP contribution in [0.2, 0.25) is 0 Å². The van der Waals surface area contributed by atoms with Gasteiger partial charge in [0.1, 0.15) is 0 Å². The summed E-state index contributed by atoms with van der Waals surface area (Å²) in [5, 5.41) is 3.64. The van der Waals surface area contributed by atoms with Crippen molar-refractivity contribution in [2.45, 2.75) is 66.3 Å². The molecule has 1 aliphatic rings. The molecule has 4 nitrogen and oxygen atoms in total. The maximum absolute atomic E-state index is 11.5. The molecule has 5 heteroatoms. The van der Waals surface area contributed by atoms with Crippen molar-refractivity contribution < 1.29 is 8.42 Å². The minimum absolute atomic E-state index is 0.391. The van der Waals surface area contributed by atoms with E-state index in [1.165, 1.54) is 25.5 Å². The van der Waals surface area contributed by atoms with E-state index in [2.05, 4.69) is 33.0 Å². The second kappa shape index (κ2) is 6.97. The standard InChI is InChI=1S/C16H34N2O2S/c1-7-18(21(6,19)20)10-8-9-17-14-11-15(2,3)13-16(4,5)12-14/h14,17H,7-13H2,1-6H3. The van der Waals surface area contributed by atoms with Gasteiger partial charge in [-0.05, 0) is 43.1 Å².